The summed E-state index contributed by atoms with van der Waals surface area (Å²) in [6.07, 6.45) is 0. The Morgan fingerprint density at radius 2 is 1.60 bits per heavy atom. The summed E-state index contributed by atoms with van der Waals surface area (Å²) in [5, 5.41) is 0. The molecule has 0 amide bonds. The molecule has 106 valence electrons. The Balaban J connectivity index is 2.32. The zero-order valence-corrected chi connectivity index (χ0v) is 12.2. The summed E-state index contributed by atoms with van der Waals surface area (Å²) in [7, 11) is -3.45. The largest absolute Gasteiger partial charge is 0.398 e. The van der Waals surface area contributed by atoms with E-state index >= 15 is 0 Å². The minimum atomic E-state index is -3.45. The van der Waals surface area contributed by atoms with E-state index in [9.17, 15) is 8.42 Å². The van der Waals surface area contributed by atoms with Gasteiger partial charge in [0, 0.05) is 12.2 Å². The van der Waals surface area contributed by atoms with Gasteiger partial charge in [0.15, 0.2) is 0 Å². The summed E-state index contributed by atoms with van der Waals surface area (Å²) in [5.74, 6) is -0.0948. The Labute approximate surface area is 119 Å². The van der Waals surface area contributed by atoms with Gasteiger partial charge in [0.1, 0.15) is 0 Å². The lowest BCUT2D eigenvalue weighted by Gasteiger charge is -2.23. The minimum absolute atomic E-state index is 0.0948. The minimum Gasteiger partial charge on any atom is -0.398 e. The average molecular weight is 290 g/mol. The highest BCUT2D eigenvalue weighted by Crippen LogP contribution is 2.22. The standard InChI is InChI=1S/C15H18N2O2S/c1-2-17(14-9-4-3-5-10-14)20(18,19)12-13-8-6-7-11-15(13)16/h3-11H,2,12,16H2,1H3. The van der Waals surface area contributed by atoms with Crippen LogP contribution in [0.25, 0.3) is 0 Å². The Hall–Kier alpha value is -2.01. The molecule has 2 N–H and O–H groups in total. The molecule has 0 heterocycles. The normalized spacial score (nSPS) is 11.2. The van der Waals surface area contributed by atoms with E-state index in [1.807, 2.05) is 25.1 Å². The number of para-hydroxylation sites is 2. The third kappa shape index (κ3) is 3.11. The van der Waals surface area contributed by atoms with E-state index in [2.05, 4.69) is 0 Å². The van der Waals surface area contributed by atoms with E-state index < -0.39 is 10.0 Å². The Morgan fingerprint density at radius 3 is 2.20 bits per heavy atom. The van der Waals surface area contributed by atoms with Crippen molar-refractivity contribution in [1.29, 1.82) is 0 Å². The number of benzene rings is 2. The van der Waals surface area contributed by atoms with Crippen LogP contribution in [0, 0.1) is 0 Å². The van der Waals surface area contributed by atoms with Crippen LogP contribution in [0.3, 0.4) is 0 Å². The van der Waals surface area contributed by atoms with Gasteiger partial charge in [-0.05, 0) is 30.7 Å². The molecule has 0 bridgehead atoms. The summed E-state index contributed by atoms with van der Waals surface area (Å²) in [6.45, 7) is 2.21. The van der Waals surface area contributed by atoms with Crippen LogP contribution < -0.4 is 10.0 Å². The second kappa shape index (κ2) is 5.96. The molecule has 0 saturated heterocycles. The molecule has 2 aromatic rings. The lowest BCUT2D eigenvalue weighted by Crippen LogP contribution is -2.32. The molecule has 0 aliphatic rings. The molecule has 0 unspecified atom stereocenters. The number of nitrogen functional groups attached to an aromatic ring is 1. The van der Waals surface area contributed by atoms with Crippen LogP contribution in [0.2, 0.25) is 0 Å². The van der Waals surface area contributed by atoms with Crippen molar-refractivity contribution in [3.05, 3.63) is 60.2 Å². The van der Waals surface area contributed by atoms with Crippen LogP contribution in [0.5, 0.6) is 0 Å². The highest BCUT2D eigenvalue weighted by molar-refractivity contribution is 7.92. The van der Waals surface area contributed by atoms with Crippen molar-refractivity contribution in [3.63, 3.8) is 0 Å². The van der Waals surface area contributed by atoms with Crippen molar-refractivity contribution >= 4 is 21.4 Å². The zero-order chi connectivity index (χ0) is 14.6. The van der Waals surface area contributed by atoms with Crippen molar-refractivity contribution in [2.75, 3.05) is 16.6 Å². The van der Waals surface area contributed by atoms with Gasteiger partial charge >= 0.3 is 0 Å². The van der Waals surface area contributed by atoms with Gasteiger partial charge in [-0.1, -0.05) is 36.4 Å². The molecule has 5 heteroatoms. The second-order valence-electron chi connectivity index (χ2n) is 4.46. The topological polar surface area (TPSA) is 63.4 Å². The summed E-state index contributed by atoms with van der Waals surface area (Å²) < 4.78 is 26.5. The summed E-state index contributed by atoms with van der Waals surface area (Å²) >= 11 is 0. The van der Waals surface area contributed by atoms with Gasteiger partial charge in [-0.15, -0.1) is 0 Å². The zero-order valence-electron chi connectivity index (χ0n) is 11.4. The number of nitrogens with zero attached hydrogens (tertiary/aromatic N) is 1. The van der Waals surface area contributed by atoms with Gasteiger partial charge in [0.05, 0.1) is 11.4 Å². The van der Waals surface area contributed by atoms with Crippen molar-refractivity contribution < 1.29 is 8.42 Å². The number of rotatable bonds is 5. The van der Waals surface area contributed by atoms with E-state index in [-0.39, 0.29) is 5.75 Å². The van der Waals surface area contributed by atoms with Crippen molar-refractivity contribution in [2.24, 2.45) is 0 Å². The highest BCUT2D eigenvalue weighted by Gasteiger charge is 2.22. The molecule has 2 aromatic carbocycles. The van der Waals surface area contributed by atoms with Crippen molar-refractivity contribution in [2.45, 2.75) is 12.7 Å². The predicted molar refractivity (Wildman–Crippen MR) is 82.9 cm³/mol. The molecule has 0 aromatic heterocycles. The van der Waals surface area contributed by atoms with Gasteiger partial charge in [-0.25, -0.2) is 8.42 Å². The SMILES string of the molecule is CCN(c1ccccc1)S(=O)(=O)Cc1ccccc1N. The van der Waals surface area contributed by atoms with Crippen LogP contribution in [0.1, 0.15) is 12.5 Å². The first-order valence-electron chi connectivity index (χ1n) is 6.43. The molecule has 0 fully saturated rings. The maximum Gasteiger partial charge on any atom is 0.239 e. The lowest BCUT2D eigenvalue weighted by atomic mass is 10.2. The molecule has 0 atom stereocenters. The van der Waals surface area contributed by atoms with E-state index in [0.717, 1.165) is 0 Å². The fourth-order valence-corrected chi connectivity index (χ4v) is 3.72. The van der Waals surface area contributed by atoms with Gasteiger partial charge in [0.25, 0.3) is 0 Å². The number of sulfonamides is 1. The third-order valence-electron chi connectivity index (χ3n) is 3.06. The van der Waals surface area contributed by atoms with Crippen molar-refractivity contribution in [1.82, 2.24) is 0 Å². The number of anilines is 2. The van der Waals surface area contributed by atoms with Crippen molar-refractivity contribution in [3.8, 4) is 0 Å². The van der Waals surface area contributed by atoms with Gasteiger partial charge in [-0.2, -0.15) is 0 Å². The van der Waals surface area contributed by atoms with Crippen LogP contribution in [0.15, 0.2) is 54.6 Å². The predicted octanol–water partition coefficient (Wildman–Crippen LogP) is 2.63. The maximum absolute atomic E-state index is 12.6. The Morgan fingerprint density at radius 1 is 1.00 bits per heavy atom. The second-order valence-corrected chi connectivity index (χ2v) is 6.35. The molecule has 0 spiro atoms. The Bertz CT molecular complexity index is 669. The smallest absolute Gasteiger partial charge is 0.239 e. The quantitative estimate of drug-likeness (QED) is 0.861. The fourth-order valence-electron chi connectivity index (χ4n) is 2.07. The average Bonchev–Trinajstić information content (AvgIpc) is 2.43. The van der Waals surface area contributed by atoms with Crippen LogP contribution in [-0.4, -0.2) is 15.0 Å². The molecule has 0 radical (unpaired) electrons. The van der Waals surface area contributed by atoms with Gasteiger partial charge in [0.2, 0.25) is 10.0 Å². The Kier molecular flexibility index (Phi) is 4.29. The molecule has 0 aliphatic heterocycles. The molecular formula is C15H18N2O2S. The first kappa shape index (κ1) is 14.4. The van der Waals surface area contributed by atoms with Crippen LogP contribution in [0.4, 0.5) is 11.4 Å². The van der Waals surface area contributed by atoms with Gasteiger partial charge in [-0.3, -0.25) is 4.31 Å². The highest BCUT2D eigenvalue weighted by atomic mass is 32.2. The summed E-state index contributed by atoms with van der Waals surface area (Å²) in [4.78, 5) is 0. The molecule has 0 aliphatic carbocycles. The van der Waals surface area contributed by atoms with Gasteiger partial charge < -0.3 is 5.73 Å². The van der Waals surface area contributed by atoms with E-state index in [1.165, 1.54) is 4.31 Å². The van der Waals surface area contributed by atoms with Crippen LogP contribution in [-0.2, 0) is 15.8 Å². The third-order valence-corrected chi connectivity index (χ3v) is 4.88. The number of hydrogen-bond donors (Lipinski definition) is 1. The fraction of sp³-hybridized carbons (Fsp3) is 0.200. The lowest BCUT2D eigenvalue weighted by molar-refractivity contribution is 0.591. The molecule has 4 nitrogen and oxygen atoms in total. The van der Waals surface area contributed by atoms with E-state index in [1.54, 1.807) is 36.4 Å². The number of hydrogen-bond acceptors (Lipinski definition) is 3. The summed E-state index contributed by atoms with van der Waals surface area (Å²) in [6, 6.07) is 16.1. The molecular weight excluding hydrogens is 272 g/mol. The first-order valence-corrected chi connectivity index (χ1v) is 8.04. The van der Waals surface area contributed by atoms with E-state index in [0.29, 0.717) is 23.5 Å². The monoisotopic (exact) mass is 290 g/mol. The first-order chi connectivity index (χ1) is 9.54. The number of nitrogens with two attached hydrogens (primary N) is 1. The maximum atomic E-state index is 12.6. The van der Waals surface area contributed by atoms with E-state index in [4.69, 9.17) is 5.73 Å². The molecule has 20 heavy (non-hydrogen) atoms. The summed E-state index contributed by atoms with van der Waals surface area (Å²) in [5.41, 5.74) is 7.62. The molecule has 0 saturated carbocycles. The van der Waals surface area contributed by atoms with Crippen LogP contribution >= 0.6 is 0 Å². The molecule has 2 rings (SSSR count).